The molecule has 0 aliphatic rings. The zero-order chi connectivity index (χ0) is 17.4. The number of pyridine rings is 2. The lowest BCUT2D eigenvalue weighted by Gasteiger charge is -2.08. The molecule has 2 aromatic rings. The summed E-state index contributed by atoms with van der Waals surface area (Å²) in [5.74, 6) is 1.16. The number of hydrogen-bond acceptors (Lipinski definition) is 6. The molecule has 0 aromatic carbocycles. The molecule has 10 heteroatoms. The van der Waals surface area contributed by atoms with Crippen LogP contribution in [0.4, 0.5) is 0 Å². The van der Waals surface area contributed by atoms with Gasteiger partial charge in [0.15, 0.2) is 0 Å². The van der Waals surface area contributed by atoms with Crippen LogP contribution in [0.3, 0.4) is 0 Å². The van der Waals surface area contributed by atoms with Gasteiger partial charge in [0.05, 0.1) is 25.6 Å². The molecule has 0 aliphatic carbocycles. The van der Waals surface area contributed by atoms with Crippen molar-refractivity contribution in [2.24, 2.45) is 11.5 Å². The van der Waals surface area contributed by atoms with Crippen LogP contribution in [0.1, 0.15) is 24.2 Å². The number of rotatable bonds is 9. The highest BCUT2D eigenvalue weighted by Gasteiger charge is 2.01. The number of nitrogens with two attached hydrogens (primary N) is 2. The fraction of sp³-hybridized carbons (Fsp3) is 0.250. The minimum atomic E-state index is -0.0653. The van der Waals surface area contributed by atoms with Gasteiger partial charge < -0.3 is 20.9 Å². The van der Waals surface area contributed by atoms with Gasteiger partial charge in [-0.1, -0.05) is 0 Å². The molecule has 0 spiro atoms. The van der Waals surface area contributed by atoms with E-state index in [0.717, 1.165) is 12.8 Å². The minimum Gasteiger partial charge on any atom is -0.492 e. The summed E-state index contributed by atoms with van der Waals surface area (Å²) in [6.07, 6.45) is 4.76. The molecule has 0 fully saturated rings. The third-order valence-corrected chi connectivity index (χ3v) is 3.10. The van der Waals surface area contributed by atoms with Crippen LogP contribution in [0.25, 0.3) is 0 Å². The van der Waals surface area contributed by atoms with E-state index in [4.69, 9.17) is 31.8 Å². The molecule has 6 N–H and O–H groups in total. The van der Waals surface area contributed by atoms with E-state index in [-0.39, 0.29) is 36.5 Å². The number of nitrogens with one attached hydrogen (secondary N) is 2. The molecule has 2 aromatic heterocycles. The third-order valence-electron chi connectivity index (χ3n) is 3.10. The Hall–Kier alpha value is -2.58. The first kappa shape index (κ1) is 23.4. The van der Waals surface area contributed by atoms with Crippen LogP contribution in [0, 0.1) is 10.8 Å². The predicted molar refractivity (Wildman–Crippen MR) is 105 cm³/mol. The van der Waals surface area contributed by atoms with Gasteiger partial charge in [-0.25, -0.2) is 9.97 Å². The molecule has 0 radical (unpaired) electrons. The molecular formula is C16H22Cl2N6O2. The van der Waals surface area contributed by atoms with Gasteiger partial charge in [-0.2, -0.15) is 0 Å². The summed E-state index contributed by atoms with van der Waals surface area (Å²) < 4.78 is 11.1. The number of nitrogen functional groups attached to an aromatic ring is 2. The second-order valence-corrected chi connectivity index (χ2v) is 4.99. The van der Waals surface area contributed by atoms with E-state index < -0.39 is 0 Å². The predicted octanol–water partition coefficient (Wildman–Crippen LogP) is 2.13. The van der Waals surface area contributed by atoms with Crippen molar-refractivity contribution in [3.63, 3.8) is 0 Å². The summed E-state index contributed by atoms with van der Waals surface area (Å²) in [5.41, 5.74) is 11.5. The largest absolute Gasteiger partial charge is 0.492 e. The van der Waals surface area contributed by atoms with E-state index in [1.807, 2.05) is 0 Å². The highest BCUT2D eigenvalue weighted by atomic mass is 35.5. The average molecular weight is 401 g/mol. The Balaban J connectivity index is 0.00000312. The van der Waals surface area contributed by atoms with Gasteiger partial charge in [0.25, 0.3) is 0 Å². The van der Waals surface area contributed by atoms with Crippen LogP contribution in [0.5, 0.6) is 11.5 Å². The lowest BCUT2D eigenvalue weighted by molar-refractivity contribution is 0.265. The summed E-state index contributed by atoms with van der Waals surface area (Å²) >= 11 is 0. The molecular weight excluding hydrogens is 379 g/mol. The molecule has 0 aliphatic heterocycles. The van der Waals surface area contributed by atoms with Gasteiger partial charge in [0, 0.05) is 0 Å². The highest BCUT2D eigenvalue weighted by molar-refractivity contribution is 5.93. The normalized spacial score (nSPS) is 9.38. The van der Waals surface area contributed by atoms with Crippen LogP contribution in [0.15, 0.2) is 36.7 Å². The van der Waals surface area contributed by atoms with Crippen LogP contribution in [0.2, 0.25) is 0 Å². The molecule has 142 valence electrons. The first-order chi connectivity index (χ1) is 11.6. The third kappa shape index (κ3) is 7.54. The number of halogens is 2. The molecule has 26 heavy (non-hydrogen) atoms. The zero-order valence-corrected chi connectivity index (χ0v) is 15.6. The van der Waals surface area contributed by atoms with Gasteiger partial charge in [-0.15, -0.1) is 24.8 Å². The lowest BCUT2D eigenvalue weighted by Crippen LogP contribution is -2.13. The van der Waals surface area contributed by atoms with E-state index >= 15 is 0 Å². The Morgan fingerprint density at radius 2 is 1.15 bits per heavy atom. The van der Waals surface area contributed by atoms with Gasteiger partial charge in [-0.3, -0.25) is 10.8 Å². The molecule has 8 nitrogen and oxygen atoms in total. The van der Waals surface area contributed by atoms with Crippen LogP contribution < -0.4 is 20.9 Å². The van der Waals surface area contributed by atoms with E-state index in [2.05, 4.69) is 9.97 Å². The molecule has 0 atom stereocenters. The van der Waals surface area contributed by atoms with Crippen molar-refractivity contribution in [1.82, 2.24) is 9.97 Å². The van der Waals surface area contributed by atoms with Crippen molar-refractivity contribution in [1.29, 1.82) is 10.8 Å². The van der Waals surface area contributed by atoms with Gasteiger partial charge >= 0.3 is 0 Å². The Kier molecular flexibility index (Phi) is 10.7. The Morgan fingerprint density at radius 3 is 1.42 bits per heavy atom. The fourth-order valence-corrected chi connectivity index (χ4v) is 1.83. The van der Waals surface area contributed by atoms with Crippen molar-refractivity contribution < 1.29 is 9.47 Å². The second kappa shape index (κ2) is 11.9. The quantitative estimate of drug-likeness (QED) is 0.288. The van der Waals surface area contributed by atoms with Crippen molar-refractivity contribution in [2.75, 3.05) is 13.2 Å². The summed E-state index contributed by atoms with van der Waals surface area (Å²) in [7, 11) is 0. The Morgan fingerprint density at radius 1 is 0.769 bits per heavy atom. The average Bonchev–Trinajstić information content (AvgIpc) is 2.58. The van der Waals surface area contributed by atoms with E-state index in [0.29, 0.717) is 36.1 Å². The molecule has 0 unspecified atom stereocenters. The maximum Gasteiger partial charge on any atom is 0.141 e. The smallest absolute Gasteiger partial charge is 0.141 e. The van der Waals surface area contributed by atoms with Gasteiger partial charge in [0.2, 0.25) is 0 Å². The molecule has 0 amide bonds. The summed E-state index contributed by atoms with van der Waals surface area (Å²) in [6.45, 7) is 1.10. The Labute approximate surface area is 164 Å². The van der Waals surface area contributed by atoms with Crippen LogP contribution >= 0.6 is 24.8 Å². The first-order valence-corrected chi connectivity index (χ1v) is 7.43. The summed E-state index contributed by atoms with van der Waals surface area (Å²) in [5, 5.41) is 14.5. The highest BCUT2D eigenvalue weighted by Crippen LogP contribution is 2.11. The SMILES string of the molecule is Cl.Cl.N=C(N)c1ccc(OCCCCOc2ccc(C(=N)N)nc2)cn1. The number of amidine groups is 2. The number of aromatic nitrogens is 2. The van der Waals surface area contributed by atoms with Gasteiger partial charge in [0.1, 0.15) is 34.6 Å². The Bertz CT molecular complexity index is 633. The number of hydrogen-bond donors (Lipinski definition) is 4. The van der Waals surface area contributed by atoms with E-state index in [1.54, 1.807) is 36.7 Å². The number of nitrogens with zero attached hydrogens (tertiary/aromatic N) is 2. The number of unbranched alkanes of at least 4 members (excludes halogenated alkanes) is 1. The summed E-state index contributed by atoms with van der Waals surface area (Å²) in [6, 6.07) is 6.78. The van der Waals surface area contributed by atoms with Crippen molar-refractivity contribution in [3.05, 3.63) is 48.0 Å². The van der Waals surface area contributed by atoms with Crippen molar-refractivity contribution >= 4 is 36.5 Å². The van der Waals surface area contributed by atoms with Gasteiger partial charge in [-0.05, 0) is 37.1 Å². The van der Waals surface area contributed by atoms with E-state index in [1.165, 1.54) is 0 Å². The molecule has 0 saturated carbocycles. The molecule has 0 bridgehead atoms. The lowest BCUT2D eigenvalue weighted by atomic mass is 10.3. The van der Waals surface area contributed by atoms with Crippen molar-refractivity contribution in [3.8, 4) is 11.5 Å². The standard InChI is InChI=1S/C16H20N6O2.2ClH/c17-15(18)13-5-3-11(9-21-13)23-7-1-2-8-24-12-4-6-14(16(19)20)22-10-12;;/h3-6,9-10H,1-2,7-8H2,(H3,17,18)(H3,19,20);2*1H. The topological polar surface area (TPSA) is 144 Å². The maximum atomic E-state index is 7.26. The zero-order valence-electron chi connectivity index (χ0n) is 14.0. The van der Waals surface area contributed by atoms with Crippen LogP contribution in [-0.4, -0.2) is 34.9 Å². The number of ether oxygens (including phenoxy) is 2. The minimum absolute atomic E-state index is 0. The monoisotopic (exact) mass is 400 g/mol. The molecule has 0 saturated heterocycles. The fourth-order valence-electron chi connectivity index (χ4n) is 1.83. The molecule has 2 rings (SSSR count). The van der Waals surface area contributed by atoms with E-state index in [9.17, 15) is 0 Å². The second-order valence-electron chi connectivity index (χ2n) is 4.99. The first-order valence-electron chi connectivity index (χ1n) is 7.43. The summed E-state index contributed by atoms with van der Waals surface area (Å²) in [4.78, 5) is 8.04. The van der Waals surface area contributed by atoms with Crippen LogP contribution in [-0.2, 0) is 0 Å². The maximum absolute atomic E-state index is 7.26. The van der Waals surface area contributed by atoms with Crippen molar-refractivity contribution in [2.45, 2.75) is 12.8 Å². The molecule has 2 heterocycles.